The lowest BCUT2D eigenvalue weighted by atomic mass is 10.1. The van der Waals surface area contributed by atoms with Crippen LogP contribution < -0.4 is 11.1 Å². The molecular weight excluding hydrogens is 188 g/mol. The van der Waals surface area contributed by atoms with Crippen molar-refractivity contribution in [3.63, 3.8) is 0 Å². The molecule has 0 amide bonds. The van der Waals surface area contributed by atoms with Gasteiger partial charge in [0.25, 0.3) is 0 Å². The van der Waals surface area contributed by atoms with Gasteiger partial charge in [-0.1, -0.05) is 6.07 Å². The third kappa shape index (κ3) is 2.10. The highest BCUT2D eigenvalue weighted by atomic mass is 15.1. The Morgan fingerprint density at radius 2 is 2.33 bits per heavy atom. The van der Waals surface area contributed by atoms with E-state index in [-0.39, 0.29) is 0 Å². The highest BCUT2D eigenvalue weighted by Crippen LogP contribution is 2.20. The number of benzene rings is 1. The lowest BCUT2D eigenvalue weighted by molar-refractivity contribution is 1.09. The first-order valence-corrected chi connectivity index (χ1v) is 4.84. The van der Waals surface area contributed by atoms with Crippen LogP contribution in [0.2, 0.25) is 0 Å². The number of nitrogens with one attached hydrogen (secondary N) is 2. The van der Waals surface area contributed by atoms with E-state index in [0.717, 1.165) is 29.0 Å². The standard InChI is InChI=1S/C11H14N4/c1-8-10(12)3-2-4-11(8)13-5-9-6-14-15-7-9/h2-4,6-7,13H,5,12H2,1H3,(H,14,15). The molecule has 0 atom stereocenters. The minimum Gasteiger partial charge on any atom is -0.398 e. The molecule has 0 aliphatic carbocycles. The molecule has 0 aliphatic heterocycles. The molecule has 0 radical (unpaired) electrons. The first kappa shape index (κ1) is 9.58. The van der Waals surface area contributed by atoms with Crippen LogP contribution in [0.25, 0.3) is 0 Å². The first-order chi connectivity index (χ1) is 7.27. The van der Waals surface area contributed by atoms with E-state index in [1.165, 1.54) is 0 Å². The number of hydrogen-bond acceptors (Lipinski definition) is 3. The molecule has 1 aromatic carbocycles. The van der Waals surface area contributed by atoms with Gasteiger partial charge in [-0.05, 0) is 24.6 Å². The van der Waals surface area contributed by atoms with Crippen molar-refractivity contribution in [2.24, 2.45) is 0 Å². The first-order valence-electron chi connectivity index (χ1n) is 4.84. The van der Waals surface area contributed by atoms with E-state index in [1.54, 1.807) is 6.20 Å². The van der Waals surface area contributed by atoms with Crippen molar-refractivity contribution < 1.29 is 0 Å². The minimum absolute atomic E-state index is 0.751. The summed E-state index contributed by atoms with van der Waals surface area (Å²) in [6.07, 6.45) is 3.67. The zero-order valence-electron chi connectivity index (χ0n) is 8.62. The Labute approximate surface area is 88.5 Å². The van der Waals surface area contributed by atoms with E-state index < -0.39 is 0 Å². The summed E-state index contributed by atoms with van der Waals surface area (Å²) in [6.45, 7) is 2.76. The number of aromatic amines is 1. The fourth-order valence-corrected chi connectivity index (χ4v) is 1.42. The summed E-state index contributed by atoms with van der Waals surface area (Å²) in [7, 11) is 0. The van der Waals surface area contributed by atoms with Gasteiger partial charge in [-0.3, -0.25) is 5.10 Å². The molecule has 78 valence electrons. The SMILES string of the molecule is Cc1c(N)cccc1NCc1cn[nH]c1. The Bertz CT molecular complexity index is 434. The topological polar surface area (TPSA) is 66.7 Å². The average molecular weight is 202 g/mol. The van der Waals surface area contributed by atoms with Gasteiger partial charge in [-0.25, -0.2) is 0 Å². The van der Waals surface area contributed by atoms with E-state index >= 15 is 0 Å². The molecule has 0 saturated heterocycles. The molecule has 4 nitrogen and oxygen atoms in total. The van der Waals surface area contributed by atoms with Gasteiger partial charge in [0, 0.05) is 29.7 Å². The van der Waals surface area contributed by atoms with Crippen LogP contribution in [0.1, 0.15) is 11.1 Å². The third-order valence-electron chi connectivity index (χ3n) is 2.41. The smallest absolute Gasteiger partial charge is 0.0537 e. The number of H-pyrrole nitrogens is 1. The van der Waals surface area contributed by atoms with Crippen LogP contribution in [0.15, 0.2) is 30.6 Å². The van der Waals surface area contributed by atoms with E-state index in [1.807, 2.05) is 31.3 Å². The van der Waals surface area contributed by atoms with Crippen LogP contribution in [0, 0.1) is 6.92 Å². The summed E-state index contributed by atoms with van der Waals surface area (Å²) < 4.78 is 0. The van der Waals surface area contributed by atoms with Crippen LogP contribution in [0.5, 0.6) is 0 Å². The molecule has 1 heterocycles. The molecule has 2 aromatic rings. The van der Waals surface area contributed by atoms with Gasteiger partial charge >= 0.3 is 0 Å². The van der Waals surface area contributed by atoms with Crippen molar-refractivity contribution in [1.29, 1.82) is 0 Å². The maximum Gasteiger partial charge on any atom is 0.0537 e. The van der Waals surface area contributed by atoms with Gasteiger partial charge in [0.05, 0.1) is 6.20 Å². The average Bonchev–Trinajstić information content (AvgIpc) is 2.73. The number of nitrogens with two attached hydrogens (primary N) is 1. The summed E-state index contributed by atoms with van der Waals surface area (Å²) in [4.78, 5) is 0. The van der Waals surface area contributed by atoms with Crippen molar-refractivity contribution in [3.05, 3.63) is 41.7 Å². The maximum atomic E-state index is 5.81. The highest BCUT2D eigenvalue weighted by Gasteiger charge is 2.00. The van der Waals surface area contributed by atoms with Crippen LogP contribution in [-0.2, 0) is 6.54 Å². The van der Waals surface area contributed by atoms with E-state index in [9.17, 15) is 0 Å². The molecule has 1 aromatic heterocycles. The van der Waals surface area contributed by atoms with E-state index in [2.05, 4.69) is 15.5 Å². The van der Waals surface area contributed by atoms with Crippen molar-refractivity contribution in [3.8, 4) is 0 Å². The fourth-order valence-electron chi connectivity index (χ4n) is 1.42. The fraction of sp³-hybridized carbons (Fsp3) is 0.182. The molecule has 15 heavy (non-hydrogen) atoms. The molecule has 0 aliphatic rings. The summed E-state index contributed by atoms with van der Waals surface area (Å²) in [5, 5.41) is 9.98. The van der Waals surface area contributed by atoms with Crippen LogP contribution in [0.4, 0.5) is 11.4 Å². The van der Waals surface area contributed by atoms with Gasteiger partial charge in [0.15, 0.2) is 0 Å². The quantitative estimate of drug-likeness (QED) is 0.666. The van der Waals surface area contributed by atoms with Crippen LogP contribution in [0.3, 0.4) is 0 Å². The van der Waals surface area contributed by atoms with Crippen LogP contribution >= 0.6 is 0 Å². The molecule has 2 rings (SSSR count). The predicted molar refractivity (Wildman–Crippen MR) is 61.5 cm³/mol. The van der Waals surface area contributed by atoms with Gasteiger partial charge in [0.2, 0.25) is 0 Å². The van der Waals surface area contributed by atoms with Gasteiger partial charge in [-0.2, -0.15) is 5.10 Å². The highest BCUT2D eigenvalue weighted by molar-refractivity contribution is 5.62. The predicted octanol–water partition coefficient (Wildman–Crippen LogP) is 1.91. The Morgan fingerprint density at radius 3 is 3.07 bits per heavy atom. The summed E-state index contributed by atoms with van der Waals surface area (Å²) >= 11 is 0. The molecule has 0 saturated carbocycles. The van der Waals surface area contributed by atoms with Gasteiger partial charge in [0.1, 0.15) is 0 Å². The largest absolute Gasteiger partial charge is 0.398 e. The summed E-state index contributed by atoms with van der Waals surface area (Å²) in [6, 6.07) is 5.87. The maximum absolute atomic E-state index is 5.81. The molecule has 0 fully saturated rings. The Morgan fingerprint density at radius 1 is 1.47 bits per heavy atom. The van der Waals surface area contributed by atoms with Crippen molar-refractivity contribution >= 4 is 11.4 Å². The second-order valence-electron chi connectivity index (χ2n) is 3.48. The van der Waals surface area contributed by atoms with Gasteiger partial charge in [-0.15, -0.1) is 0 Å². The Hall–Kier alpha value is -1.97. The Kier molecular flexibility index (Phi) is 2.58. The number of aromatic nitrogens is 2. The lowest BCUT2D eigenvalue weighted by Gasteiger charge is -2.09. The zero-order chi connectivity index (χ0) is 10.7. The number of nitrogen functional groups attached to an aromatic ring is 1. The number of nitrogens with zero attached hydrogens (tertiary/aromatic N) is 1. The van der Waals surface area contributed by atoms with E-state index in [0.29, 0.717) is 0 Å². The van der Waals surface area contributed by atoms with Crippen LogP contribution in [-0.4, -0.2) is 10.2 Å². The monoisotopic (exact) mass is 202 g/mol. The minimum atomic E-state index is 0.751. The van der Waals surface area contributed by atoms with Crippen molar-refractivity contribution in [2.45, 2.75) is 13.5 Å². The Balaban J connectivity index is 2.08. The second-order valence-corrected chi connectivity index (χ2v) is 3.48. The second kappa shape index (κ2) is 4.04. The molecule has 0 unspecified atom stereocenters. The summed E-state index contributed by atoms with van der Waals surface area (Å²) in [5.74, 6) is 0. The number of hydrogen-bond donors (Lipinski definition) is 3. The number of anilines is 2. The number of rotatable bonds is 3. The molecule has 0 bridgehead atoms. The third-order valence-corrected chi connectivity index (χ3v) is 2.41. The summed E-state index contributed by atoms with van der Waals surface area (Å²) in [5.41, 5.74) is 9.90. The molecule has 0 spiro atoms. The van der Waals surface area contributed by atoms with Crippen molar-refractivity contribution in [2.75, 3.05) is 11.1 Å². The molecule has 4 N–H and O–H groups in total. The zero-order valence-corrected chi connectivity index (χ0v) is 8.62. The molecule has 4 heteroatoms. The normalized spacial score (nSPS) is 10.2. The molecular formula is C11H14N4. The van der Waals surface area contributed by atoms with Gasteiger partial charge < -0.3 is 11.1 Å². The van der Waals surface area contributed by atoms with Crippen molar-refractivity contribution in [1.82, 2.24) is 10.2 Å². The van der Waals surface area contributed by atoms with E-state index in [4.69, 9.17) is 5.73 Å². The lowest BCUT2D eigenvalue weighted by Crippen LogP contribution is -2.01.